The van der Waals surface area contributed by atoms with Gasteiger partial charge in [0.2, 0.25) is 0 Å². The SMILES string of the molecule is CCNC(=NCC1(OC)CCOCC1)N1CCN(CC(C)C)CC1. The van der Waals surface area contributed by atoms with Crippen molar-refractivity contribution in [3.63, 3.8) is 0 Å². The van der Waals surface area contributed by atoms with Crippen LogP contribution in [0.25, 0.3) is 0 Å². The van der Waals surface area contributed by atoms with E-state index in [0.717, 1.165) is 70.7 Å². The molecule has 2 aliphatic rings. The van der Waals surface area contributed by atoms with Crippen LogP contribution in [-0.4, -0.2) is 87.5 Å². The highest BCUT2D eigenvalue weighted by Crippen LogP contribution is 2.24. The van der Waals surface area contributed by atoms with Gasteiger partial charge in [0.05, 0.1) is 12.1 Å². The normalized spacial score (nSPS) is 22.9. The fraction of sp³-hybridized carbons (Fsp3) is 0.944. The molecule has 0 aliphatic carbocycles. The quantitative estimate of drug-likeness (QED) is 0.585. The van der Waals surface area contributed by atoms with Crippen LogP contribution in [0.1, 0.15) is 33.6 Å². The number of hydrogen-bond donors (Lipinski definition) is 1. The molecule has 24 heavy (non-hydrogen) atoms. The molecule has 2 fully saturated rings. The predicted octanol–water partition coefficient (Wildman–Crippen LogP) is 1.42. The van der Waals surface area contributed by atoms with Gasteiger partial charge in [-0.25, -0.2) is 0 Å². The molecule has 0 spiro atoms. The molecule has 2 heterocycles. The van der Waals surface area contributed by atoms with Gasteiger partial charge in [0, 0.05) is 72.4 Å². The van der Waals surface area contributed by atoms with Crippen LogP contribution >= 0.6 is 0 Å². The number of methoxy groups -OCH3 is 1. The molecule has 0 atom stereocenters. The summed E-state index contributed by atoms with van der Waals surface area (Å²) in [5.74, 6) is 1.76. The van der Waals surface area contributed by atoms with E-state index in [2.05, 4.69) is 35.9 Å². The standard InChI is InChI=1S/C18H36N4O2/c1-5-19-17(20-15-18(23-4)6-12-24-13-7-18)22-10-8-21(9-11-22)14-16(2)3/h16H,5-15H2,1-4H3,(H,19,20). The smallest absolute Gasteiger partial charge is 0.194 e. The van der Waals surface area contributed by atoms with Crippen LogP contribution in [0.2, 0.25) is 0 Å². The summed E-state index contributed by atoms with van der Waals surface area (Å²) in [6.07, 6.45) is 1.85. The minimum atomic E-state index is -0.154. The van der Waals surface area contributed by atoms with Gasteiger partial charge in [-0.15, -0.1) is 0 Å². The predicted molar refractivity (Wildman–Crippen MR) is 98.6 cm³/mol. The van der Waals surface area contributed by atoms with Crippen LogP contribution in [0.3, 0.4) is 0 Å². The Morgan fingerprint density at radius 2 is 1.88 bits per heavy atom. The number of nitrogens with zero attached hydrogens (tertiary/aromatic N) is 3. The molecule has 6 nitrogen and oxygen atoms in total. The van der Waals surface area contributed by atoms with E-state index in [-0.39, 0.29) is 5.60 Å². The molecule has 140 valence electrons. The Labute approximate surface area is 147 Å². The van der Waals surface area contributed by atoms with Crippen LogP contribution in [-0.2, 0) is 9.47 Å². The van der Waals surface area contributed by atoms with E-state index in [4.69, 9.17) is 14.5 Å². The van der Waals surface area contributed by atoms with Gasteiger partial charge in [0.1, 0.15) is 0 Å². The Balaban J connectivity index is 1.93. The second-order valence-corrected chi connectivity index (χ2v) is 7.35. The summed E-state index contributed by atoms with van der Waals surface area (Å²) in [6, 6.07) is 0. The Morgan fingerprint density at radius 1 is 1.21 bits per heavy atom. The van der Waals surface area contributed by atoms with Crippen molar-refractivity contribution in [3.8, 4) is 0 Å². The molecular weight excluding hydrogens is 304 g/mol. The molecule has 6 heteroatoms. The minimum absolute atomic E-state index is 0.154. The van der Waals surface area contributed by atoms with E-state index in [0.29, 0.717) is 6.54 Å². The first-order chi connectivity index (χ1) is 11.6. The van der Waals surface area contributed by atoms with E-state index < -0.39 is 0 Å². The van der Waals surface area contributed by atoms with Gasteiger partial charge in [-0.1, -0.05) is 13.8 Å². The van der Waals surface area contributed by atoms with E-state index in [9.17, 15) is 0 Å². The van der Waals surface area contributed by atoms with Crippen molar-refractivity contribution in [2.24, 2.45) is 10.9 Å². The summed E-state index contributed by atoms with van der Waals surface area (Å²) in [5.41, 5.74) is -0.154. The Bertz CT molecular complexity index is 386. The number of hydrogen-bond acceptors (Lipinski definition) is 4. The van der Waals surface area contributed by atoms with Crippen LogP contribution in [0.15, 0.2) is 4.99 Å². The molecule has 0 aromatic carbocycles. The molecular formula is C18H36N4O2. The number of guanidine groups is 1. The van der Waals surface area contributed by atoms with Crippen LogP contribution < -0.4 is 5.32 Å². The molecule has 0 aromatic heterocycles. The summed E-state index contributed by atoms with van der Waals surface area (Å²) >= 11 is 0. The Kier molecular flexibility index (Phi) is 7.78. The molecule has 0 amide bonds. The van der Waals surface area contributed by atoms with Crippen molar-refractivity contribution in [2.75, 3.05) is 66.1 Å². The van der Waals surface area contributed by atoms with Crippen molar-refractivity contribution < 1.29 is 9.47 Å². The van der Waals surface area contributed by atoms with E-state index >= 15 is 0 Å². The molecule has 0 radical (unpaired) electrons. The summed E-state index contributed by atoms with van der Waals surface area (Å²) in [5, 5.41) is 3.46. The van der Waals surface area contributed by atoms with Gasteiger partial charge < -0.3 is 19.7 Å². The second kappa shape index (κ2) is 9.59. The van der Waals surface area contributed by atoms with Crippen LogP contribution in [0.4, 0.5) is 0 Å². The highest BCUT2D eigenvalue weighted by molar-refractivity contribution is 5.80. The van der Waals surface area contributed by atoms with Crippen molar-refractivity contribution in [2.45, 2.75) is 39.2 Å². The van der Waals surface area contributed by atoms with E-state index in [1.807, 2.05) is 0 Å². The number of nitrogens with one attached hydrogen (secondary N) is 1. The molecule has 0 unspecified atom stereocenters. The fourth-order valence-electron chi connectivity index (χ4n) is 3.47. The monoisotopic (exact) mass is 340 g/mol. The van der Waals surface area contributed by atoms with E-state index in [1.54, 1.807) is 7.11 Å². The Hall–Kier alpha value is -0.850. The molecule has 2 aliphatic heterocycles. The number of piperazine rings is 1. The first-order valence-electron chi connectivity index (χ1n) is 9.47. The van der Waals surface area contributed by atoms with Crippen molar-refractivity contribution >= 4 is 5.96 Å². The van der Waals surface area contributed by atoms with Crippen LogP contribution in [0, 0.1) is 5.92 Å². The Morgan fingerprint density at radius 3 is 2.42 bits per heavy atom. The zero-order valence-electron chi connectivity index (χ0n) is 16.0. The topological polar surface area (TPSA) is 49.3 Å². The zero-order valence-corrected chi connectivity index (χ0v) is 16.0. The molecule has 0 saturated carbocycles. The second-order valence-electron chi connectivity index (χ2n) is 7.35. The summed E-state index contributed by atoms with van der Waals surface area (Å²) in [4.78, 5) is 9.87. The maximum absolute atomic E-state index is 5.81. The van der Waals surface area contributed by atoms with Crippen molar-refractivity contribution in [1.82, 2.24) is 15.1 Å². The van der Waals surface area contributed by atoms with Gasteiger partial charge in [0.15, 0.2) is 5.96 Å². The molecule has 0 bridgehead atoms. The lowest BCUT2D eigenvalue weighted by Gasteiger charge is -2.38. The van der Waals surface area contributed by atoms with Gasteiger partial charge in [-0.2, -0.15) is 0 Å². The van der Waals surface area contributed by atoms with Gasteiger partial charge in [-0.3, -0.25) is 9.89 Å². The molecule has 1 N–H and O–H groups in total. The summed E-state index contributed by atoms with van der Waals surface area (Å²) in [6.45, 7) is 15.4. The highest BCUT2D eigenvalue weighted by Gasteiger charge is 2.32. The first kappa shape index (κ1) is 19.5. The molecule has 2 rings (SSSR count). The number of aliphatic imine (C=N–C) groups is 1. The third kappa shape index (κ3) is 5.60. The van der Waals surface area contributed by atoms with Crippen LogP contribution in [0.5, 0.6) is 0 Å². The first-order valence-corrected chi connectivity index (χ1v) is 9.47. The van der Waals surface area contributed by atoms with Gasteiger partial charge in [-0.05, 0) is 12.8 Å². The van der Waals surface area contributed by atoms with Crippen molar-refractivity contribution in [1.29, 1.82) is 0 Å². The molecule has 2 saturated heterocycles. The lowest BCUT2D eigenvalue weighted by molar-refractivity contribution is -0.0829. The average Bonchev–Trinajstić information content (AvgIpc) is 2.60. The average molecular weight is 341 g/mol. The lowest BCUT2D eigenvalue weighted by atomic mass is 9.94. The largest absolute Gasteiger partial charge is 0.381 e. The number of rotatable bonds is 6. The summed E-state index contributed by atoms with van der Waals surface area (Å²) < 4.78 is 11.3. The van der Waals surface area contributed by atoms with Gasteiger partial charge in [0.25, 0.3) is 0 Å². The fourth-order valence-corrected chi connectivity index (χ4v) is 3.47. The third-order valence-corrected chi connectivity index (χ3v) is 4.98. The van der Waals surface area contributed by atoms with Gasteiger partial charge >= 0.3 is 0 Å². The van der Waals surface area contributed by atoms with Crippen molar-refractivity contribution in [3.05, 3.63) is 0 Å². The maximum atomic E-state index is 5.81. The molecule has 0 aromatic rings. The number of ether oxygens (including phenoxy) is 2. The minimum Gasteiger partial charge on any atom is -0.381 e. The lowest BCUT2D eigenvalue weighted by Crippen LogP contribution is -2.53. The third-order valence-electron chi connectivity index (χ3n) is 4.98. The maximum Gasteiger partial charge on any atom is 0.194 e. The summed E-state index contributed by atoms with van der Waals surface area (Å²) in [7, 11) is 1.80. The zero-order chi connectivity index (χ0) is 17.4. The highest BCUT2D eigenvalue weighted by atomic mass is 16.5. The van der Waals surface area contributed by atoms with E-state index in [1.165, 1.54) is 6.54 Å².